The number of carbonyl (C=O) groups excluding carboxylic acids is 1. The summed E-state index contributed by atoms with van der Waals surface area (Å²) in [7, 11) is 1.42. The van der Waals surface area contributed by atoms with Crippen LogP contribution in [0.3, 0.4) is 0 Å². The first-order valence-electron chi connectivity index (χ1n) is 9.25. The van der Waals surface area contributed by atoms with Gasteiger partial charge < -0.3 is 10.1 Å². The second-order valence-corrected chi connectivity index (χ2v) is 7.91. The van der Waals surface area contributed by atoms with Crippen molar-refractivity contribution in [1.29, 1.82) is 0 Å². The van der Waals surface area contributed by atoms with Crippen LogP contribution in [-0.4, -0.2) is 23.3 Å². The Morgan fingerprint density at radius 1 is 1.23 bits per heavy atom. The average Bonchev–Trinajstić information content (AvgIpc) is 3.19. The molecular formula is C21H26N2O2S. The standard InChI is InChI=1S/C21H26N2O2S/c1-25-20(24)13-10-16-8-11-18(12-9-16)23-15-17-5-4-14-22-21(17)26-19-6-2-3-7-19/h4-5,8-9,11-12,14,19,23H,2-3,6-7,10,13,15H2,1H3. The minimum atomic E-state index is -0.170. The molecule has 0 aliphatic heterocycles. The third-order valence-electron chi connectivity index (χ3n) is 4.71. The lowest BCUT2D eigenvalue weighted by Crippen LogP contribution is -2.04. The van der Waals surface area contributed by atoms with E-state index in [2.05, 4.69) is 45.4 Å². The van der Waals surface area contributed by atoms with Gasteiger partial charge in [-0.1, -0.05) is 31.0 Å². The normalized spacial score (nSPS) is 14.3. The molecule has 1 aromatic heterocycles. The van der Waals surface area contributed by atoms with E-state index in [1.165, 1.54) is 38.4 Å². The van der Waals surface area contributed by atoms with Gasteiger partial charge in [-0.15, -0.1) is 11.8 Å². The van der Waals surface area contributed by atoms with E-state index in [1.807, 2.05) is 24.0 Å². The Kier molecular flexibility index (Phi) is 6.95. The number of benzene rings is 1. The Bertz CT molecular complexity index is 712. The minimum absolute atomic E-state index is 0.170. The summed E-state index contributed by atoms with van der Waals surface area (Å²) < 4.78 is 4.68. The van der Waals surface area contributed by atoms with E-state index in [4.69, 9.17) is 0 Å². The van der Waals surface area contributed by atoms with Gasteiger partial charge in [-0.25, -0.2) is 4.98 Å². The molecule has 3 rings (SSSR count). The van der Waals surface area contributed by atoms with Crippen molar-refractivity contribution in [2.24, 2.45) is 0 Å². The molecule has 0 radical (unpaired) electrons. The van der Waals surface area contributed by atoms with Gasteiger partial charge in [0, 0.05) is 35.7 Å². The second-order valence-electron chi connectivity index (χ2n) is 6.62. The molecule has 0 unspecified atom stereocenters. The zero-order chi connectivity index (χ0) is 18.2. The Labute approximate surface area is 159 Å². The summed E-state index contributed by atoms with van der Waals surface area (Å²) in [5, 5.41) is 5.36. The maximum atomic E-state index is 11.2. The van der Waals surface area contributed by atoms with Crippen molar-refractivity contribution in [3.63, 3.8) is 0 Å². The third kappa shape index (κ3) is 5.49. The minimum Gasteiger partial charge on any atom is -0.469 e. The summed E-state index contributed by atoms with van der Waals surface area (Å²) in [6, 6.07) is 12.4. The van der Waals surface area contributed by atoms with E-state index in [-0.39, 0.29) is 5.97 Å². The summed E-state index contributed by atoms with van der Waals surface area (Å²) in [6.07, 6.45) is 8.32. The SMILES string of the molecule is COC(=O)CCc1ccc(NCc2cccnc2SC2CCCC2)cc1. The number of pyridine rings is 1. The number of nitrogens with one attached hydrogen (secondary N) is 1. The molecular weight excluding hydrogens is 344 g/mol. The van der Waals surface area contributed by atoms with E-state index < -0.39 is 0 Å². The molecule has 0 bridgehead atoms. The number of thioether (sulfide) groups is 1. The van der Waals surface area contributed by atoms with E-state index in [9.17, 15) is 4.79 Å². The van der Waals surface area contributed by atoms with Gasteiger partial charge in [0.25, 0.3) is 0 Å². The maximum Gasteiger partial charge on any atom is 0.305 e. The van der Waals surface area contributed by atoms with Crippen LogP contribution in [0.15, 0.2) is 47.6 Å². The van der Waals surface area contributed by atoms with Crippen LogP contribution in [-0.2, 0) is 22.5 Å². The molecule has 138 valence electrons. The molecule has 4 nitrogen and oxygen atoms in total. The van der Waals surface area contributed by atoms with Crippen molar-refractivity contribution >= 4 is 23.4 Å². The van der Waals surface area contributed by atoms with E-state index in [0.29, 0.717) is 12.8 Å². The topological polar surface area (TPSA) is 51.2 Å². The first-order chi connectivity index (χ1) is 12.7. The van der Waals surface area contributed by atoms with Crippen LogP contribution in [0.25, 0.3) is 0 Å². The molecule has 0 atom stereocenters. The van der Waals surface area contributed by atoms with Crippen LogP contribution < -0.4 is 5.32 Å². The number of hydrogen-bond acceptors (Lipinski definition) is 5. The number of carbonyl (C=O) groups is 1. The zero-order valence-corrected chi connectivity index (χ0v) is 16.1. The largest absolute Gasteiger partial charge is 0.469 e. The molecule has 1 aliphatic carbocycles. The molecule has 1 saturated carbocycles. The molecule has 26 heavy (non-hydrogen) atoms. The lowest BCUT2D eigenvalue weighted by molar-refractivity contribution is -0.140. The van der Waals surface area contributed by atoms with Gasteiger partial charge in [-0.3, -0.25) is 4.79 Å². The molecule has 1 N–H and O–H groups in total. The van der Waals surface area contributed by atoms with Crippen molar-refractivity contribution in [3.05, 3.63) is 53.7 Å². The highest BCUT2D eigenvalue weighted by Crippen LogP contribution is 2.35. The number of anilines is 1. The van der Waals surface area contributed by atoms with Gasteiger partial charge in [0.1, 0.15) is 5.03 Å². The quantitative estimate of drug-likeness (QED) is 0.674. The number of hydrogen-bond donors (Lipinski definition) is 1. The molecule has 1 fully saturated rings. The highest BCUT2D eigenvalue weighted by atomic mass is 32.2. The smallest absolute Gasteiger partial charge is 0.305 e. The van der Waals surface area contributed by atoms with Crippen molar-refractivity contribution in [3.8, 4) is 0 Å². The molecule has 1 heterocycles. The van der Waals surface area contributed by atoms with Gasteiger partial charge in [0.05, 0.1) is 7.11 Å². The summed E-state index contributed by atoms with van der Waals surface area (Å²) >= 11 is 1.93. The molecule has 0 spiro atoms. The Morgan fingerprint density at radius 3 is 2.73 bits per heavy atom. The maximum absolute atomic E-state index is 11.2. The predicted molar refractivity (Wildman–Crippen MR) is 106 cm³/mol. The van der Waals surface area contributed by atoms with Crippen molar-refractivity contribution in [1.82, 2.24) is 4.98 Å². The van der Waals surface area contributed by atoms with Crippen molar-refractivity contribution in [2.75, 3.05) is 12.4 Å². The van der Waals surface area contributed by atoms with E-state index in [0.717, 1.165) is 28.1 Å². The number of aromatic nitrogens is 1. The monoisotopic (exact) mass is 370 g/mol. The summed E-state index contributed by atoms with van der Waals surface area (Å²) in [6.45, 7) is 0.768. The lowest BCUT2D eigenvalue weighted by atomic mass is 10.1. The van der Waals surface area contributed by atoms with Crippen LogP contribution >= 0.6 is 11.8 Å². The fourth-order valence-corrected chi connectivity index (χ4v) is 4.46. The van der Waals surface area contributed by atoms with Gasteiger partial charge in [0.15, 0.2) is 0 Å². The van der Waals surface area contributed by atoms with Gasteiger partial charge >= 0.3 is 5.97 Å². The van der Waals surface area contributed by atoms with Gasteiger partial charge in [0.2, 0.25) is 0 Å². The highest BCUT2D eigenvalue weighted by Gasteiger charge is 2.18. The van der Waals surface area contributed by atoms with Crippen molar-refractivity contribution in [2.45, 2.75) is 55.3 Å². The first kappa shape index (κ1) is 18.8. The lowest BCUT2D eigenvalue weighted by Gasteiger charge is -2.13. The fourth-order valence-electron chi connectivity index (χ4n) is 3.16. The summed E-state index contributed by atoms with van der Waals surface area (Å²) in [5.74, 6) is -0.170. The van der Waals surface area contributed by atoms with Crippen LogP contribution in [0.4, 0.5) is 5.69 Å². The van der Waals surface area contributed by atoms with Crippen LogP contribution in [0.5, 0.6) is 0 Å². The molecule has 2 aromatic rings. The number of methoxy groups -OCH3 is 1. The predicted octanol–water partition coefficient (Wildman–Crippen LogP) is 4.83. The third-order valence-corrected chi connectivity index (χ3v) is 6.11. The molecule has 5 heteroatoms. The van der Waals surface area contributed by atoms with E-state index in [1.54, 1.807) is 0 Å². The summed E-state index contributed by atoms with van der Waals surface area (Å²) in [5.41, 5.74) is 3.46. The van der Waals surface area contributed by atoms with Crippen LogP contribution in [0.1, 0.15) is 43.2 Å². The second kappa shape index (κ2) is 9.62. The molecule has 1 aliphatic rings. The summed E-state index contributed by atoms with van der Waals surface area (Å²) in [4.78, 5) is 15.8. The van der Waals surface area contributed by atoms with Crippen molar-refractivity contribution < 1.29 is 9.53 Å². The highest BCUT2D eigenvalue weighted by molar-refractivity contribution is 7.99. The number of esters is 1. The average molecular weight is 371 g/mol. The van der Waals surface area contributed by atoms with E-state index >= 15 is 0 Å². The molecule has 1 aromatic carbocycles. The first-order valence-corrected chi connectivity index (χ1v) is 10.1. The Morgan fingerprint density at radius 2 is 2.00 bits per heavy atom. The molecule has 0 saturated heterocycles. The van der Waals surface area contributed by atoms with Crippen LogP contribution in [0.2, 0.25) is 0 Å². The van der Waals surface area contributed by atoms with Crippen LogP contribution in [0, 0.1) is 0 Å². The molecule has 0 amide bonds. The fraction of sp³-hybridized carbons (Fsp3) is 0.429. The number of rotatable bonds is 8. The number of aryl methyl sites for hydroxylation is 1. The van der Waals surface area contributed by atoms with Gasteiger partial charge in [-0.2, -0.15) is 0 Å². The Balaban J connectivity index is 1.54. The zero-order valence-electron chi connectivity index (χ0n) is 15.2. The Hall–Kier alpha value is -2.01. The number of nitrogens with zero attached hydrogens (tertiary/aromatic N) is 1. The number of ether oxygens (including phenoxy) is 1. The van der Waals surface area contributed by atoms with Gasteiger partial charge in [-0.05, 0) is 43.0 Å².